The van der Waals surface area contributed by atoms with Crippen molar-refractivity contribution in [1.29, 1.82) is 5.26 Å². The number of carbonyl (C=O) groups excluding carboxylic acids is 1. The Labute approximate surface area is 211 Å². The fourth-order valence-electron chi connectivity index (χ4n) is 3.28. The summed E-state index contributed by atoms with van der Waals surface area (Å²) >= 11 is 3.51. The molecule has 0 unspecified atom stereocenters. The van der Waals surface area contributed by atoms with Crippen LogP contribution >= 0.6 is 15.9 Å². The molecule has 0 aromatic heterocycles. The summed E-state index contributed by atoms with van der Waals surface area (Å²) in [5.74, 6) is -0.800. The lowest BCUT2D eigenvalue weighted by Gasteiger charge is -2.15. The fraction of sp³-hybridized carbons (Fsp3) is 0.148. The van der Waals surface area contributed by atoms with Gasteiger partial charge in [-0.15, -0.1) is 0 Å². The molecule has 0 fully saturated rings. The zero-order valence-electron chi connectivity index (χ0n) is 19.2. The number of nitrogens with zero attached hydrogens (tertiary/aromatic N) is 1. The number of carbonyl (C=O) groups is 2. The Balaban J connectivity index is 1.85. The number of aromatic carboxylic acids is 1. The average molecular weight is 535 g/mol. The number of hydrogen-bond acceptors (Lipinski definition) is 5. The number of amides is 1. The highest BCUT2D eigenvalue weighted by molar-refractivity contribution is 9.10. The van der Waals surface area contributed by atoms with Gasteiger partial charge >= 0.3 is 5.97 Å². The molecular formula is C27H23BrN2O5. The van der Waals surface area contributed by atoms with Crippen LogP contribution in [0.25, 0.3) is 6.08 Å². The van der Waals surface area contributed by atoms with E-state index in [9.17, 15) is 14.9 Å². The molecule has 7 nitrogen and oxygen atoms in total. The molecule has 0 bridgehead atoms. The van der Waals surface area contributed by atoms with Crippen LogP contribution in [0.2, 0.25) is 0 Å². The molecule has 3 aromatic carbocycles. The number of aryl methyl sites for hydroxylation is 1. The highest BCUT2D eigenvalue weighted by Gasteiger charge is 2.15. The van der Waals surface area contributed by atoms with Gasteiger partial charge in [0, 0.05) is 5.69 Å². The monoisotopic (exact) mass is 534 g/mol. The molecular weight excluding hydrogens is 512 g/mol. The van der Waals surface area contributed by atoms with Gasteiger partial charge in [-0.25, -0.2) is 4.79 Å². The number of anilines is 1. The topological polar surface area (TPSA) is 109 Å². The van der Waals surface area contributed by atoms with Gasteiger partial charge in [-0.05, 0) is 77.3 Å². The van der Waals surface area contributed by atoms with Crippen molar-refractivity contribution in [3.63, 3.8) is 0 Å². The van der Waals surface area contributed by atoms with Crippen molar-refractivity contribution in [3.05, 3.63) is 93.0 Å². The lowest BCUT2D eigenvalue weighted by Crippen LogP contribution is -2.14. The molecule has 2 N–H and O–H groups in total. The van der Waals surface area contributed by atoms with Crippen molar-refractivity contribution < 1.29 is 24.2 Å². The SMILES string of the molecule is CCOc1cc(C=C(C#N)C(=O)Nc2cccc(C(=O)O)c2)cc(Br)c1OCc1cccc(C)c1. The van der Waals surface area contributed by atoms with Crippen molar-refractivity contribution in [3.8, 4) is 17.6 Å². The third-order valence-electron chi connectivity index (χ3n) is 4.84. The Kier molecular flexibility index (Phi) is 8.65. The van der Waals surface area contributed by atoms with Gasteiger partial charge in [0.1, 0.15) is 18.2 Å². The first-order valence-electron chi connectivity index (χ1n) is 10.7. The number of carboxylic acids is 1. The largest absolute Gasteiger partial charge is 0.490 e. The summed E-state index contributed by atoms with van der Waals surface area (Å²) in [6, 6.07) is 19.1. The fourth-order valence-corrected chi connectivity index (χ4v) is 3.85. The number of nitriles is 1. The van der Waals surface area contributed by atoms with Crippen LogP contribution < -0.4 is 14.8 Å². The number of rotatable bonds is 9. The quantitative estimate of drug-likeness (QED) is 0.258. The van der Waals surface area contributed by atoms with Crippen molar-refractivity contribution in [2.45, 2.75) is 20.5 Å². The Bertz CT molecular complexity index is 1330. The number of hydrogen-bond donors (Lipinski definition) is 2. The molecule has 35 heavy (non-hydrogen) atoms. The molecule has 0 atom stereocenters. The maximum atomic E-state index is 12.7. The van der Waals surface area contributed by atoms with E-state index in [-0.39, 0.29) is 16.8 Å². The molecule has 0 saturated carbocycles. The first-order chi connectivity index (χ1) is 16.8. The van der Waals surface area contributed by atoms with Gasteiger partial charge in [0.05, 0.1) is 16.6 Å². The van der Waals surface area contributed by atoms with Crippen molar-refractivity contribution in [2.75, 3.05) is 11.9 Å². The van der Waals surface area contributed by atoms with E-state index in [4.69, 9.17) is 14.6 Å². The molecule has 0 aliphatic heterocycles. The van der Waals surface area contributed by atoms with Crippen LogP contribution in [0.4, 0.5) is 5.69 Å². The Morgan fingerprint density at radius 2 is 1.89 bits per heavy atom. The van der Waals surface area contributed by atoms with E-state index in [2.05, 4.69) is 21.2 Å². The zero-order valence-corrected chi connectivity index (χ0v) is 20.8. The lowest BCUT2D eigenvalue weighted by atomic mass is 10.1. The van der Waals surface area contributed by atoms with Crippen LogP contribution in [-0.4, -0.2) is 23.6 Å². The van der Waals surface area contributed by atoms with E-state index in [1.54, 1.807) is 18.2 Å². The summed E-state index contributed by atoms with van der Waals surface area (Å²) in [4.78, 5) is 23.8. The minimum absolute atomic E-state index is 0.0248. The van der Waals surface area contributed by atoms with Crippen LogP contribution in [0.5, 0.6) is 11.5 Å². The molecule has 0 aliphatic carbocycles. The van der Waals surface area contributed by atoms with Crippen LogP contribution in [0.1, 0.15) is 34.0 Å². The zero-order chi connectivity index (χ0) is 25.4. The van der Waals surface area contributed by atoms with E-state index in [1.807, 2.05) is 44.2 Å². The molecule has 3 aromatic rings. The molecule has 3 rings (SSSR count). The van der Waals surface area contributed by atoms with Crippen molar-refractivity contribution in [2.24, 2.45) is 0 Å². The molecule has 0 heterocycles. The maximum absolute atomic E-state index is 12.7. The Hall–Kier alpha value is -4.09. The second-order valence-corrected chi connectivity index (χ2v) is 8.40. The van der Waals surface area contributed by atoms with E-state index in [0.717, 1.165) is 11.1 Å². The number of nitrogens with one attached hydrogen (secondary N) is 1. The molecule has 178 valence electrons. The first kappa shape index (κ1) is 25.5. The number of ether oxygens (including phenoxy) is 2. The first-order valence-corrected chi connectivity index (χ1v) is 11.5. The highest BCUT2D eigenvalue weighted by atomic mass is 79.9. The minimum Gasteiger partial charge on any atom is -0.490 e. The number of carboxylic acid groups (broad SMARTS) is 1. The van der Waals surface area contributed by atoms with E-state index >= 15 is 0 Å². The molecule has 0 saturated heterocycles. The van der Waals surface area contributed by atoms with Gasteiger partial charge in [0.15, 0.2) is 11.5 Å². The van der Waals surface area contributed by atoms with Crippen LogP contribution in [0.3, 0.4) is 0 Å². The van der Waals surface area contributed by atoms with Crippen molar-refractivity contribution in [1.82, 2.24) is 0 Å². The maximum Gasteiger partial charge on any atom is 0.335 e. The molecule has 0 aliphatic rings. The normalized spacial score (nSPS) is 10.9. The Morgan fingerprint density at radius 3 is 2.57 bits per heavy atom. The van der Waals surface area contributed by atoms with Gasteiger partial charge < -0.3 is 19.9 Å². The van der Waals surface area contributed by atoms with Gasteiger partial charge in [-0.1, -0.05) is 35.9 Å². The summed E-state index contributed by atoms with van der Waals surface area (Å²) in [5.41, 5.74) is 2.83. The minimum atomic E-state index is -1.12. The molecule has 0 radical (unpaired) electrons. The van der Waals surface area contributed by atoms with Gasteiger partial charge in [0.25, 0.3) is 5.91 Å². The smallest absolute Gasteiger partial charge is 0.335 e. The van der Waals surface area contributed by atoms with Gasteiger partial charge in [-0.3, -0.25) is 4.79 Å². The lowest BCUT2D eigenvalue weighted by molar-refractivity contribution is -0.112. The summed E-state index contributed by atoms with van der Waals surface area (Å²) in [6.07, 6.45) is 1.42. The van der Waals surface area contributed by atoms with E-state index in [0.29, 0.717) is 34.7 Å². The summed E-state index contributed by atoms with van der Waals surface area (Å²) in [6.45, 7) is 4.60. The van der Waals surface area contributed by atoms with Gasteiger partial charge in [0.2, 0.25) is 0 Å². The molecule has 8 heteroatoms. The van der Waals surface area contributed by atoms with Crippen LogP contribution in [0, 0.1) is 18.3 Å². The third-order valence-corrected chi connectivity index (χ3v) is 5.43. The highest BCUT2D eigenvalue weighted by Crippen LogP contribution is 2.38. The summed E-state index contributed by atoms with van der Waals surface area (Å²) in [7, 11) is 0. The third kappa shape index (κ3) is 6.95. The number of halogens is 1. The second kappa shape index (κ2) is 11.9. The second-order valence-electron chi connectivity index (χ2n) is 7.55. The number of benzene rings is 3. The van der Waals surface area contributed by atoms with Crippen LogP contribution in [0.15, 0.2) is 70.7 Å². The van der Waals surface area contributed by atoms with Gasteiger partial charge in [-0.2, -0.15) is 5.26 Å². The van der Waals surface area contributed by atoms with Crippen LogP contribution in [-0.2, 0) is 11.4 Å². The average Bonchev–Trinajstić information content (AvgIpc) is 2.82. The predicted molar refractivity (Wildman–Crippen MR) is 136 cm³/mol. The summed E-state index contributed by atoms with van der Waals surface area (Å²) < 4.78 is 12.4. The molecule has 0 spiro atoms. The van der Waals surface area contributed by atoms with E-state index in [1.165, 1.54) is 24.3 Å². The molecule has 1 amide bonds. The Morgan fingerprint density at radius 1 is 1.11 bits per heavy atom. The van der Waals surface area contributed by atoms with Crippen molar-refractivity contribution >= 4 is 39.6 Å². The standard InChI is InChI=1S/C27H23BrN2O5/c1-3-34-24-13-19(12-23(28)25(24)35-16-18-7-4-6-17(2)10-18)11-21(15-29)26(31)30-22-9-5-8-20(14-22)27(32)33/h4-14H,3,16H2,1-2H3,(H,30,31)(H,32,33). The summed E-state index contributed by atoms with van der Waals surface area (Å²) in [5, 5.41) is 21.2. The van der Waals surface area contributed by atoms with E-state index < -0.39 is 11.9 Å². The predicted octanol–water partition coefficient (Wildman–Crippen LogP) is 5.98.